The molecule has 0 N–H and O–H groups in total. The normalized spacial score (nSPS) is 18.8. The van der Waals surface area contributed by atoms with Crippen LogP contribution in [-0.2, 0) is 0 Å². The van der Waals surface area contributed by atoms with Crippen LogP contribution in [0.3, 0.4) is 0 Å². The molecule has 0 radical (unpaired) electrons. The number of rotatable bonds is 9. The van der Waals surface area contributed by atoms with E-state index in [1.54, 1.807) is 13.2 Å². The fourth-order valence-electron chi connectivity index (χ4n) is 4.25. The maximum Gasteiger partial charge on any atom is 0.126 e. The number of benzene rings is 3. The summed E-state index contributed by atoms with van der Waals surface area (Å²) in [5, 5.41) is 0. The van der Waals surface area contributed by atoms with Crippen LogP contribution in [0.2, 0.25) is 0 Å². The molecule has 4 rings (SSSR count). The Morgan fingerprint density at radius 2 is 1.69 bits per heavy atom. The summed E-state index contributed by atoms with van der Waals surface area (Å²) in [5.41, 5.74) is 1.26. The van der Waals surface area contributed by atoms with Crippen LogP contribution in [0.25, 0.3) is 0 Å². The van der Waals surface area contributed by atoms with Crippen molar-refractivity contribution in [1.29, 1.82) is 0 Å². The van der Waals surface area contributed by atoms with E-state index in [0.29, 0.717) is 12.4 Å². The van der Waals surface area contributed by atoms with Crippen LogP contribution in [-0.4, -0.2) is 44.4 Å². The van der Waals surface area contributed by atoms with Gasteiger partial charge in [-0.25, -0.2) is 4.39 Å². The van der Waals surface area contributed by atoms with Crippen molar-refractivity contribution in [3.63, 3.8) is 0 Å². The van der Waals surface area contributed by atoms with Crippen molar-refractivity contribution in [3.8, 4) is 17.2 Å². The lowest BCUT2D eigenvalue weighted by Crippen LogP contribution is -2.44. The molecule has 168 valence electrons. The number of nitrogens with zero attached hydrogens (tertiary/aromatic N) is 1. The van der Waals surface area contributed by atoms with Crippen LogP contribution in [0.15, 0.2) is 78.9 Å². The van der Waals surface area contributed by atoms with Gasteiger partial charge in [-0.15, -0.1) is 0 Å². The van der Waals surface area contributed by atoms with E-state index < -0.39 is 0 Å². The molecule has 2 atom stereocenters. The van der Waals surface area contributed by atoms with Crippen LogP contribution in [0.1, 0.15) is 24.3 Å². The lowest BCUT2D eigenvalue weighted by Gasteiger charge is -2.39. The summed E-state index contributed by atoms with van der Waals surface area (Å²) in [6.07, 6.45) is 1.85. The van der Waals surface area contributed by atoms with Crippen LogP contribution >= 0.6 is 0 Å². The van der Waals surface area contributed by atoms with E-state index in [1.807, 2.05) is 36.4 Å². The van der Waals surface area contributed by atoms with Crippen molar-refractivity contribution in [2.45, 2.75) is 24.9 Å². The van der Waals surface area contributed by atoms with Gasteiger partial charge in [0.15, 0.2) is 0 Å². The van der Waals surface area contributed by atoms with E-state index in [9.17, 15) is 4.39 Å². The Bertz CT molecular complexity index is 981. The molecule has 0 unspecified atom stereocenters. The van der Waals surface area contributed by atoms with Gasteiger partial charge in [0.1, 0.15) is 29.2 Å². The minimum atomic E-state index is -0.271. The van der Waals surface area contributed by atoms with Crippen LogP contribution < -0.4 is 14.2 Å². The van der Waals surface area contributed by atoms with Gasteiger partial charge in [-0.05, 0) is 42.7 Å². The molecule has 4 nitrogen and oxygen atoms in total. The standard InChI is InChI=1S/C27H30FNO3/c1-30-23-11-6-12-24(19-23)31-17-7-15-29-16-14-27(32-25-13-5-10-22(28)18-25)26(20-29)21-8-3-2-4-9-21/h2-6,8-13,18-19,26-27H,7,14-17,20H2,1H3/t26-,27+/m0/s1. The van der Waals surface area contributed by atoms with Crippen molar-refractivity contribution >= 4 is 0 Å². The fraction of sp³-hybridized carbons (Fsp3) is 0.333. The highest BCUT2D eigenvalue weighted by Crippen LogP contribution is 2.31. The van der Waals surface area contributed by atoms with Gasteiger partial charge in [-0.3, -0.25) is 0 Å². The van der Waals surface area contributed by atoms with Gasteiger partial charge in [0, 0.05) is 37.7 Å². The third-order valence-corrected chi connectivity index (χ3v) is 5.87. The van der Waals surface area contributed by atoms with Crippen LogP contribution in [0.5, 0.6) is 17.2 Å². The van der Waals surface area contributed by atoms with Crippen molar-refractivity contribution in [2.24, 2.45) is 0 Å². The topological polar surface area (TPSA) is 30.9 Å². The zero-order chi connectivity index (χ0) is 22.2. The molecule has 5 heteroatoms. The molecule has 0 spiro atoms. The highest BCUT2D eigenvalue weighted by molar-refractivity contribution is 5.32. The number of methoxy groups -OCH3 is 1. The Kier molecular flexibility index (Phi) is 7.62. The summed E-state index contributed by atoms with van der Waals surface area (Å²) in [6.45, 7) is 3.47. The first-order valence-electron chi connectivity index (χ1n) is 11.2. The van der Waals surface area contributed by atoms with Gasteiger partial charge in [0.25, 0.3) is 0 Å². The molecule has 0 aliphatic carbocycles. The van der Waals surface area contributed by atoms with E-state index in [2.05, 4.69) is 29.2 Å². The van der Waals surface area contributed by atoms with Gasteiger partial charge >= 0.3 is 0 Å². The predicted octanol–water partition coefficient (Wildman–Crippen LogP) is 5.54. The smallest absolute Gasteiger partial charge is 0.126 e. The number of halogens is 1. The molecule has 1 saturated heterocycles. The second kappa shape index (κ2) is 11.0. The highest BCUT2D eigenvalue weighted by atomic mass is 19.1. The summed E-state index contributed by atoms with van der Waals surface area (Å²) in [5.74, 6) is 2.18. The highest BCUT2D eigenvalue weighted by Gasteiger charge is 2.31. The van der Waals surface area contributed by atoms with Gasteiger partial charge in [0.2, 0.25) is 0 Å². The molecule has 1 aliphatic rings. The third kappa shape index (κ3) is 6.01. The average Bonchev–Trinajstić information content (AvgIpc) is 2.83. The lowest BCUT2D eigenvalue weighted by molar-refractivity contribution is 0.0748. The molecule has 1 aliphatic heterocycles. The summed E-state index contributed by atoms with van der Waals surface area (Å²) >= 11 is 0. The molecule has 0 saturated carbocycles. The quantitative estimate of drug-likeness (QED) is 0.413. The van der Waals surface area contributed by atoms with E-state index in [-0.39, 0.29) is 17.8 Å². The lowest BCUT2D eigenvalue weighted by atomic mass is 9.87. The number of ether oxygens (including phenoxy) is 3. The van der Waals surface area contributed by atoms with Crippen molar-refractivity contribution in [2.75, 3.05) is 33.4 Å². The van der Waals surface area contributed by atoms with E-state index in [4.69, 9.17) is 14.2 Å². The maximum atomic E-state index is 13.6. The minimum absolute atomic E-state index is 0.0171. The molecule has 0 bridgehead atoms. The number of hydrogen-bond acceptors (Lipinski definition) is 4. The zero-order valence-corrected chi connectivity index (χ0v) is 18.5. The van der Waals surface area contributed by atoms with E-state index in [1.165, 1.54) is 17.7 Å². The SMILES string of the molecule is COc1cccc(OCCCN2CC[C@@H](Oc3cccc(F)c3)[C@H](c3ccccc3)C2)c1. The summed E-state index contributed by atoms with van der Waals surface area (Å²) in [7, 11) is 1.66. The number of likely N-dealkylation sites (tertiary alicyclic amines) is 1. The molecule has 1 fully saturated rings. The van der Waals surface area contributed by atoms with Crippen LogP contribution in [0, 0.1) is 5.82 Å². The first-order valence-corrected chi connectivity index (χ1v) is 11.2. The largest absolute Gasteiger partial charge is 0.497 e. The molecule has 0 aromatic heterocycles. The van der Waals surface area contributed by atoms with E-state index >= 15 is 0 Å². The molecule has 0 amide bonds. The maximum absolute atomic E-state index is 13.6. The Morgan fingerprint density at radius 1 is 0.906 bits per heavy atom. The third-order valence-electron chi connectivity index (χ3n) is 5.87. The van der Waals surface area contributed by atoms with Gasteiger partial charge in [-0.2, -0.15) is 0 Å². The minimum Gasteiger partial charge on any atom is -0.497 e. The van der Waals surface area contributed by atoms with E-state index in [0.717, 1.165) is 44.0 Å². The van der Waals surface area contributed by atoms with Crippen molar-refractivity contribution < 1.29 is 18.6 Å². The Balaban J connectivity index is 1.34. The summed E-state index contributed by atoms with van der Waals surface area (Å²) in [6, 6.07) is 24.6. The number of hydrogen-bond donors (Lipinski definition) is 0. The number of piperidine rings is 1. The van der Waals surface area contributed by atoms with Gasteiger partial charge in [0.05, 0.1) is 13.7 Å². The Hall–Kier alpha value is -3.05. The molecule has 3 aromatic carbocycles. The summed E-state index contributed by atoms with van der Waals surface area (Å²) in [4.78, 5) is 2.47. The fourth-order valence-corrected chi connectivity index (χ4v) is 4.25. The Labute approximate surface area is 189 Å². The van der Waals surface area contributed by atoms with Gasteiger partial charge < -0.3 is 19.1 Å². The second-order valence-electron chi connectivity index (χ2n) is 8.10. The first-order chi connectivity index (χ1) is 15.7. The summed E-state index contributed by atoms with van der Waals surface area (Å²) < 4.78 is 31.0. The second-order valence-corrected chi connectivity index (χ2v) is 8.10. The monoisotopic (exact) mass is 435 g/mol. The first kappa shape index (κ1) is 22.2. The molecule has 3 aromatic rings. The predicted molar refractivity (Wildman–Crippen MR) is 124 cm³/mol. The van der Waals surface area contributed by atoms with Gasteiger partial charge in [-0.1, -0.05) is 42.5 Å². The molecular formula is C27H30FNO3. The Morgan fingerprint density at radius 3 is 2.50 bits per heavy atom. The van der Waals surface area contributed by atoms with Crippen LogP contribution in [0.4, 0.5) is 4.39 Å². The molecule has 1 heterocycles. The van der Waals surface area contributed by atoms with Crippen molar-refractivity contribution in [1.82, 2.24) is 4.90 Å². The average molecular weight is 436 g/mol. The zero-order valence-electron chi connectivity index (χ0n) is 18.5. The molecular weight excluding hydrogens is 405 g/mol. The molecule has 32 heavy (non-hydrogen) atoms. The van der Waals surface area contributed by atoms with Crippen molar-refractivity contribution in [3.05, 3.63) is 90.2 Å².